The Labute approximate surface area is 188 Å². The molecule has 0 atom stereocenters. The molecule has 1 aliphatic rings. The van der Waals surface area contributed by atoms with Gasteiger partial charge in [-0.25, -0.2) is 0 Å². The van der Waals surface area contributed by atoms with E-state index in [1.165, 1.54) is 16.3 Å². The molecule has 0 amide bonds. The van der Waals surface area contributed by atoms with Crippen molar-refractivity contribution in [1.82, 2.24) is 4.57 Å². The van der Waals surface area contributed by atoms with Crippen molar-refractivity contribution >= 4 is 52.3 Å². The van der Waals surface area contributed by atoms with E-state index in [9.17, 15) is 9.59 Å². The molecule has 0 fully saturated rings. The van der Waals surface area contributed by atoms with E-state index in [0.717, 1.165) is 15.5 Å². The molecule has 3 aromatic rings. The molecule has 0 spiro atoms. The molecular weight excluding hydrogens is 443 g/mol. The van der Waals surface area contributed by atoms with Gasteiger partial charge in [-0.3, -0.25) is 14.2 Å². The second kappa shape index (κ2) is 8.76. The van der Waals surface area contributed by atoms with Crippen LogP contribution in [0.3, 0.4) is 0 Å². The van der Waals surface area contributed by atoms with Gasteiger partial charge in [0.1, 0.15) is 0 Å². The first kappa shape index (κ1) is 20.8. The molecule has 2 aromatic carbocycles. The molecule has 0 bridgehead atoms. The lowest BCUT2D eigenvalue weighted by Gasteiger charge is -2.24. The fraction of sp³-hybridized carbons (Fsp3) is 0.182. The molecule has 30 heavy (non-hydrogen) atoms. The van der Waals surface area contributed by atoms with Gasteiger partial charge in [0.25, 0.3) is 5.56 Å². The first-order valence-corrected chi connectivity index (χ1v) is 11.0. The molecule has 8 heteroatoms. The van der Waals surface area contributed by atoms with Gasteiger partial charge >= 0.3 is 5.97 Å². The second-order valence-corrected chi connectivity index (χ2v) is 8.74. The Kier molecular flexibility index (Phi) is 6.09. The van der Waals surface area contributed by atoms with Crippen LogP contribution in [0.4, 0.5) is 11.4 Å². The number of aromatic nitrogens is 1. The zero-order valence-corrected chi connectivity index (χ0v) is 18.4. The van der Waals surface area contributed by atoms with Crippen molar-refractivity contribution < 1.29 is 9.53 Å². The predicted molar refractivity (Wildman–Crippen MR) is 121 cm³/mol. The number of nitrogens with zero attached hydrogens (tertiary/aromatic N) is 1. The van der Waals surface area contributed by atoms with Crippen LogP contribution in [0.5, 0.6) is 0 Å². The molecule has 1 aromatic heterocycles. The van der Waals surface area contributed by atoms with E-state index >= 15 is 0 Å². The number of ether oxygens (including phenoxy) is 1. The smallest absolute Gasteiger partial charge is 0.307 e. The van der Waals surface area contributed by atoms with Crippen LogP contribution in [-0.2, 0) is 16.3 Å². The minimum absolute atomic E-state index is 0.139. The van der Waals surface area contributed by atoms with Gasteiger partial charge in [-0.05, 0) is 42.3 Å². The van der Waals surface area contributed by atoms with Gasteiger partial charge in [0.15, 0.2) is 6.73 Å². The number of carbonyl (C=O) groups is 1. The van der Waals surface area contributed by atoms with Crippen LogP contribution in [0.15, 0.2) is 63.2 Å². The normalized spacial score (nSPS) is 12.0. The third kappa shape index (κ3) is 4.21. The lowest BCUT2D eigenvalue weighted by Crippen LogP contribution is -2.26. The zero-order valence-electron chi connectivity index (χ0n) is 16.1. The van der Waals surface area contributed by atoms with Crippen molar-refractivity contribution in [2.24, 2.45) is 0 Å². The number of esters is 1. The highest BCUT2D eigenvalue weighted by Crippen LogP contribution is 2.47. The number of hydrogen-bond acceptors (Lipinski definition) is 5. The number of rotatable bonds is 5. The maximum Gasteiger partial charge on any atom is 0.307 e. The SMILES string of the molecule is CCCC(=O)OCn1cc2c(c(-c3ccc(Cl)cc3)c1=O)Nc1cc(Cl)ccc1S2. The van der Waals surface area contributed by atoms with Gasteiger partial charge in [0.2, 0.25) is 0 Å². The minimum atomic E-state index is -0.332. The maximum absolute atomic E-state index is 13.3. The van der Waals surface area contributed by atoms with Gasteiger partial charge in [-0.15, -0.1) is 0 Å². The summed E-state index contributed by atoms with van der Waals surface area (Å²) >= 11 is 13.7. The number of anilines is 2. The first-order chi connectivity index (χ1) is 14.5. The Morgan fingerprint density at radius 1 is 1.10 bits per heavy atom. The fourth-order valence-corrected chi connectivity index (χ4v) is 4.51. The molecule has 4 rings (SSSR count). The molecule has 0 saturated carbocycles. The summed E-state index contributed by atoms with van der Waals surface area (Å²) in [6, 6.07) is 12.7. The van der Waals surface area contributed by atoms with Crippen molar-refractivity contribution in [1.29, 1.82) is 0 Å². The highest BCUT2D eigenvalue weighted by atomic mass is 35.5. The van der Waals surface area contributed by atoms with E-state index in [4.69, 9.17) is 27.9 Å². The number of halogens is 2. The summed E-state index contributed by atoms with van der Waals surface area (Å²) in [5, 5.41) is 4.54. The Morgan fingerprint density at radius 3 is 2.57 bits per heavy atom. The summed E-state index contributed by atoms with van der Waals surface area (Å²) in [7, 11) is 0. The Hall–Kier alpha value is -2.41. The van der Waals surface area contributed by atoms with Gasteiger partial charge < -0.3 is 10.1 Å². The van der Waals surface area contributed by atoms with E-state index in [-0.39, 0.29) is 18.3 Å². The maximum atomic E-state index is 13.3. The average molecular weight is 461 g/mol. The second-order valence-electron chi connectivity index (χ2n) is 6.79. The fourth-order valence-electron chi connectivity index (χ4n) is 3.18. The third-order valence-electron chi connectivity index (χ3n) is 4.62. The number of pyridine rings is 1. The Balaban J connectivity index is 1.82. The molecule has 0 unspecified atom stereocenters. The Bertz CT molecular complexity index is 1180. The van der Waals surface area contributed by atoms with Crippen LogP contribution in [0.2, 0.25) is 10.0 Å². The van der Waals surface area contributed by atoms with E-state index in [1.807, 2.05) is 25.1 Å². The van der Waals surface area contributed by atoms with Crippen molar-refractivity contribution in [3.8, 4) is 11.1 Å². The van der Waals surface area contributed by atoms with Gasteiger partial charge in [0, 0.05) is 27.6 Å². The molecule has 5 nitrogen and oxygen atoms in total. The highest BCUT2D eigenvalue weighted by molar-refractivity contribution is 7.99. The lowest BCUT2D eigenvalue weighted by molar-refractivity contribution is -0.147. The van der Waals surface area contributed by atoms with Crippen LogP contribution < -0.4 is 10.9 Å². The molecule has 154 valence electrons. The van der Waals surface area contributed by atoms with E-state index in [1.54, 1.807) is 30.5 Å². The van der Waals surface area contributed by atoms with Crippen LogP contribution in [0, 0.1) is 0 Å². The monoisotopic (exact) mass is 460 g/mol. The minimum Gasteiger partial charge on any atom is -0.444 e. The van der Waals surface area contributed by atoms with Crippen LogP contribution in [-0.4, -0.2) is 10.5 Å². The van der Waals surface area contributed by atoms with Crippen molar-refractivity contribution in [2.75, 3.05) is 5.32 Å². The quantitative estimate of drug-likeness (QED) is 0.352. The van der Waals surface area contributed by atoms with Crippen molar-refractivity contribution in [2.45, 2.75) is 36.3 Å². The number of carbonyl (C=O) groups excluding carboxylic acids is 1. The summed E-state index contributed by atoms with van der Waals surface area (Å²) in [5.74, 6) is -0.332. The van der Waals surface area contributed by atoms with Gasteiger partial charge in [-0.1, -0.05) is 54.0 Å². The molecule has 1 aliphatic heterocycles. The van der Waals surface area contributed by atoms with E-state index in [0.29, 0.717) is 39.7 Å². The number of hydrogen-bond donors (Lipinski definition) is 1. The summed E-state index contributed by atoms with van der Waals surface area (Å²) in [5.41, 5.74) is 2.46. The summed E-state index contributed by atoms with van der Waals surface area (Å²) < 4.78 is 6.71. The molecular formula is C22H18Cl2N2O3S. The lowest BCUT2D eigenvalue weighted by atomic mass is 10.0. The summed E-state index contributed by atoms with van der Waals surface area (Å²) in [6.45, 7) is 1.76. The molecule has 0 aliphatic carbocycles. The topological polar surface area (TPSA) is 60.3 Å². The van der Waals surface area contributed by atoms with Gasteiger partial charge in [-0.2, -0.15) is 0 Å². The van der Waals surface area contributed by atoms with Crippen LogP contribution in [0.25, 0.3) is 11.1 Å². The number of benzene rings is 2. The Morgan fingerprint density at radius 2 is 1.83 bits per heavy atom. The summed E-state index contributed by atoms with van der Waals surface area (Å²) in [6.07, 6.45) is 2.72. The van der Waals surface area contributed by atoms with Crippen molar-refractivity contribution in [3.05, 3.63) is 69.1 Å². The predicted octanol–water partition coefficient (Wildman–Crippen LogP) is 6.33. The van der Waals surface area contributed by atoms with Crippen molar-refractivity contribution in [3.63, 3.8) is 0 Å². The number of fused-ring (bicyclic) bond motifs is 2. The van der Waals surface area contributed by atoms with Gasteiger partial charge in [0.05, 0.1) is 21.8 Å². The highest BCUT2D eigenvalue weighted by Gasteiger charge is 2.24. The zero-order chi connectivity index (χ0) is 21.3. The van der Waals surface area contributed by atoms with Crippen LogP contribution >= 0.6 is 35.0 Å². The van der Waals surface area contributed by atoms with Crippen LogP contribution in [0.1, 0.15) is 19.8 Å². The first-order valence-electron chi connectivity index (χ1n) is 9.39. The number of nitrogens with one attached hydrogen (secondary N) is 1. The molecule has 1 N–H and O–H groups in total. The average Bonchev–Trinajstić information content (AvgIpc) is 2.72. The third-order valence-corrected chi connectivity index (χ3v) is 6.21. The molecule has 0 saturated heterocycles. The van der Waals surface area contributed by atoms with E-state index < -0.39 is 0 Å². The van der Waals surface area contributed by atoms with E-state index in [2.05, 4.69) is 5.32 Å². The molecule has 2 heterocycles. The largest absolute Gasteiger partial charge is 0.444 e. The standard InChI is InChI=1S/C22H18Cl2N2O3S/c1-2-3-19(27)29-12-26-11-18-21(25-16-10-15(24)8-9-17(16)30-18)20(22(26)28)13-4-6-14(23)7-5-13/h4-11,25H,2-3,12H2,1H3. The summed E-state index contributed by atoms with van der Waals surface area (Å²) in [4.78, 5) is 27.0. The molecule has 0 radical (unpaired) electrons.